The maximum Gasteiger partial charge on any atom is 0.264 e. The topological polar surface area (TPSA) is 101 Å². The number of halogens is 1. The largest absolute Gasteiger partial charge is 0.394 e. The fourth-order valence-corrected chi connectivity index (χ4v) is 1.72. The van der Waals surface area contributed by atoms with Crippen molar-refractivity contribution in [3.63, 3.8) is 0 Å². The van der Waals surface area contributed by atoms with Gasteiger partial charge in [-0.05, 0) is 47.3 Å². The predicted molar refractivity (Wildman–Crippen MR) is 103 cm³/mol. The van der Waals surface area contributed by atoms with Crippen LogP contribution in [-0.4, -0.2) is 71.2 Å². The summed E-state index contributed by atoms with van der Waals surface area (Å²) in [6.07, 6.45) is 1.55. The van der Waals surface area contributed by atoms with Gasteiger partial charge in [0.15, 0.2) is 0 Å². The predicted octanol–water partition coefficient (Wildman–Crippen LogP) is 2.29. The smallest absolute Gasteiger partial charge is 0.264 e. The standard InChI is InChI=1S/C6H15N.C4H10O3S.C3H8O.CH3ClO2S/c1-4-7(5-2)6-3;1-4(2)7-8(3,5)6;1-3(2)4;1-5(2,3)4/h4-6H2,1-3H3;4H,1-3H3;3-4H,1-2H3;1H3. The molecule has 0 aromatic heterocycles. The molecule has 0 aliphatic carbocycles. The minimum absolute atomic E-state index is 0.167. The van der Waals surface area contributed by atoms with Crippen molar-refractivity contribution in [2.75, 3.05) is 32.1 Å². The molecule has 0 radical (unpaired) electrons. The van der Waals surface area contributed by atoms with Gasteiger partial charge in [0, 0.05) is 16.8 Å². The quantitative estimate of drug-likeness (QED) is 0.544. The van der Waals surface area contributed by atoms with E-state index in [2.05, 4.69) is 40.5 Å². The molecule has 0 aliphatic heterocycles. The highest BCUT2D eigenvalue weighted by molar-refractivity contribution is 8.13. The summed E-state index contributed by atoms with van der Waals surface area (Å²) >= 11 is 0. The average molecular weight is 414 g/mol. The molecule has 0 amide bonds. The number of hydrogen-bond donors (Lipinski definition) is 1. The Bertz CT molecular complexity index is 430. The third-order valence-corrected chi connectivity index (χ3v) is 2.44. The molecule has 152 valence electrons. The Labute approximate surface area is 153 Å². The van der Waals surface area contributed by atoms with E-state index in [0.717, 1.165) is 12.5 Å². The second kappa shape index (κ2) is 17.9. The molecule has 0 aromatic carbocycles. The Balaban J connectivity index is -0.000000115. The van der Waals surface area contributed by atoms with Gasteiger partial charge in [-0.15, -0.1) is 0 Å². The van der Waals surface area contributed by atoms with Gasteiger partial charge >= 0.3 is 0 Å². The zero-order chi connectivity index (χ0) is 20.6. The molecule has 24 heavy (non-hydrogen) atoms. The average Bonchev–Trinajstić information content (AvgIpc) is 2.25. The van der Waals surface area contributed by atoms with E-state index >= 15 is 0 Å². The maximum absolute atomic E-state index is 10.2. The van der Waals surface area contributed by atoms with Crippen LogP contribution in [-0.2, 0) is 23.4 Å². The van der Waals surface area contributed by atoms with E-state index in [-0.39, 0.29) is 12.2 Å². The lowest BCUT2D eigenvalue weighted by atomic mass is 10.5. The molecule has 0 rings (SSSR count). The molecule has 0 heterocycles. The van der Waals surface area contributed by atoms with Gasteiger partial charge in [-0.3, -0.25) is 4.18 Å². The zero-order valence-electron chi connectivity index (χ0n) is 16.4. The van der Waals surface area contributed by atoms with Gasteiger partial charge < -0.3 is 10.0 Å². The van der Waals surface area contributed by atoms with Crippen molar-refractivity contribution in [2.45, 2.75) is 60.7 Å². The van der Waals surface area contributed by atoms with E-state index in [9.17, 15) is 16.8 Å². The van der Waals surface area contributed by atoms with Gasteiger partial charge in [0.1, 0.15) is 0 Å². The summed E-state index contributed by atoms with van der Waals surface area (Å²) in [7, 11) is -1.92. The van der Waals surface area contributed by atoms with Crippen molar-refractivity contribution in [2.24, 2.45) is 0 Å². The molecular formula is C14H36ClNO6S2. The van der Waals surface area contributed by atoms with Crippen LogP contribution in [0.5, 0.6) is 0 Å². The Morgan fingerprint density at radius 2 is 1.12 bits per heavy atom. The van der Waals surface area contributed by atoms with Gasteiger partial charge in [0.05, 0.1) is 18.6 Å². The summed E-state index contributed by atoms with van der Waals surface area (Å²) in [4.78, 5) is 2.38. The molecule has 0 fully saturated rings. The van der Waals surface area contributed by atoms with E-state index in [4.69, 9.17) is 5.11 Å². The lowest BCUT2D eigenvalue weighted by Crippen LogP contribution is -2.21. The molecule has 0 saturated carbocycles. The van der Waals surface area contributed by atoms with E-state index in [1.807, 2.05) is 0 Å². The molecule has 0 unspecified atom stereocenters. The maximum atomic E-state index is 10.2. The molecule has 0 aliphatic rings. The molecule has 0 spiro atoms. The third-order valence-electron chi connectivity index (χ3n) is 1.71. The van der Waals surface area contributed by atoms with Crippen molar-refractivity contribution in [3.05, 3.63) is 0 Å². The van der Waals surface area contributed by atoms with E-state index in [1.165, 1.54) is 19.6 Å². The minimum Gasteiger partial charge on any atom is -0.394 e. The van der Waals surface area contributed by atoms with E-state index in [0.29, 0.717) is 0 Å². The number of nitrogens with zero attached hydrogens (tertiary/aromatic N) is 1. The lowest BCUT2D eigenvalue weighted by molar-refractivity contribution is 0.216. The highest BCUT2D eigenvalue weighted by Gasteiger charge is 2.02. The Morgan fingerprint density at radius 1 is 0.917 bits per heavy atom. The van der Waals surface area contributed by atoms with Crippen molar-refractivity contribution < 1.29 is 26.1 Å². The van der Waals surface area contributed by atoms with Crippen molar-refractivity contribution in [1.29, 1.82) is 0 Å². The van der Waals surface area contributed by atoms with Gasteiger partial charge in [-0.1, -0.05) is 20.8 Å². The fourth-order valence-electron chi connectivity index (χ4n) is 1.02. The number of aliphatic hydroxyl groups excluding tert-OH is 1. The molecule has 0 aromatic rings. The molecule has 10 heteroatoms. The lowest BCUT2D eigenvalue weighted by Gasteiger charge is -2.13. The monoisotopic (exact) mass is 413 g/mol. The molecule has 0 saturated heterocycles. The van der Waals surface area contributed by atoms with Gasteiger partial charge in [0.2, 0.25) is 9.05 Å². The summed E-state index contributed by atoms with van der Waals surface area (Å²) in [5.41, 5.74) is 0. The zero-order valence-corrected chi connectivity index (χ0v) is 18.8. The summed E-state index contributed by atoms with van der Waals surface area (Å²) < 4.78 is 43.6. The number of rotatable bonds is 5. The molecular weight excluding hydrogens is 378 g/mol. The summed E-state index contributed by atoms with van der Waals surface area (Å²) in [6.45, 7) is 16.9. The van der Waals surface area contributed by atoms with Crippen molar-refractivity contribution in [1.82, 2.24) is 4.90 Å². The Hall–Kier alpha value is 0.0700. The van der Waals surface area contributed by atoms with Crippen LogP contribution in [0.2, 0.25) is 0 Å². The van der Waals surface area contributed by atoms with Crippen LogP contribution in [0, 0.1) is 0 Å². The minimum atomic E-state index is -3.22. The van der Waals surface area contributed by atoms with Crippen LogP contribution in [0.25, 0.3) is 0 Å². The Kier molecular flexibility index (Phi) is 23.7. The van der Waals surface area contributed by atoms with Gasteiger partial charge in [-0.2, -0.15) is 8.42 Å². The fraction of sp³-hybridized carbons (Fsp3) is 1.00. The second-order valence-electron chi connectivity index (χ2n) is 5.24. The third kappa shape index (κ3) is 80.0. The van der Waals surface area contributed by atoms with Crippen LogP contribution >= 0.6 is 10.7 Å². The molecule has 1 N–H and O–H groups in total. The van der Waals surface area contributed by atoms with Crippen LogP contribution < -0.4 is 0 Å². The first-order valence-electron chi connectivity index (χ1n) is 7.68. The molecule has 0 bridgehead atoms. The van der Waals surface area contributed by atoms with Gasteiger partial charge in [0.25, 0.3) is 10.1 Å². The van der Waals surface area contributed by atoms with Crippen LogP contribution in [0.15, 0.2) is 0 Å². The summed E-state index contributed by atoms with van der Waals surface area (Å²) in [6, 6.07) is 0. The molecule has 7 nitrogen and oxygen atoms in total. The van der Waals surface area contributed by atoms with Crippen molar-refractivity contribution in [3.8, 4) is 0 Å². The van der Waals surface area contributed by atoms with Crippen LogP contribution in [0.3, 0.4) is 0 Å². The first-order chi connectivity index (χ1) is 10.5. The Morgan fingerprint density at radius 3 is 1.12 bits per heavy atom. The van der Waals surface area contributed by atoms with Gasteiger partial charge in [-0.25, -0.2) is 8.42 Å². The normalized spacial score (nSPS) is 11.1. The highest BCUT2D eigenvalue weighted by atomic mass is 35.7. The number of hydrogen-bond acceptors (Lipinski definition) is 7. The second-order valence-corrected chi connectivity index (χ2v) is 9.89. The first-order valence-corrected chi connectivity index (χ1v) is 12.2. The van der Waals surface area contributed by atoms with E-state index < -0.39 is 19.2 Å². The molecule has 0 atom stereocenters. The SMILES string of the molecule is CC(C)O.CC(C)OS(C)(=O)=O.CCN(CC)CC.CS(=O)(=O)Cl. The van der Waals surface area contributed by atoms with Crippen LogP contribution in [0.4, 0.5) is 0 Å². The van der Waals surface area contributed by atoms with E-state index in [1.54, 1.807) is 27.7 Å². The first kappa shape index (κ1) is 31.8. The number of aliphatic hydroxyl groups is 1. The van der Waals surface area contributed by atoms with Crippen molar-refractivity contribution >= 4 is 29.9 Å². The van der Waals surface area contributed by atoms with Crippen LogP contribution in [0.1, 0.15) is 48.5 Å². The highest BCUT2D eigenvalue weighted by Crippen LogP contribution is 1.93. The summed E-state index contributed by atoms with van der Waals surface area (Å²) in [5.74, 6) is 0. The summed E-state index contributed by atoms with van der Waals surface area (Å²) in [5, 5.41) is 8.06.